The summed E-state index contributed by atoms with van der Waals surface area (Å²) in [6, 6.07) is 10.3. The van der Waals surface area contributed by atoms with Crippen LogP contribution in [-0.4, -0.2) is 19.0 Å². The molecule has 2 atom stereocenters. The number of hydrogen-bond donors (Lipinski definition) is 1. The quantitative estimate of drug-likeness (QED) is 0.670. The van der Waals surface area contributed by atoms with Crippen LogP contribution in [0.25, 0.3) is 6.08 Å². The van der Waals surface area contributed by atoms with Crippen molar-refractivity contribution >= 4 is 23.6 Å². The highest BCUT2D eigenvalue weighted by atomic mass is 16.5. The van der Waals surface area contributed by atoms with Gasteiger partial charge in [-0.25, -0.2) is 4.79 Å². The second kappa shape index (κ2) is 6.74. The highest BCUT2D eigenvalue weighted by molar-refractivity contribution is 6.02. The van der Waals surface area contributed by atoms with Gasteiger partial charge in [-0.2, -0.15) is 0 Å². The van der Waals surface area contributed by atoms with Crippen molar-refractivity contribution in [2.24, 2.45) is 5.92 Å². The molecule has 1 N–H and O–H groups in total. The minimum atomic E-state index is -0.411. The minimum absolute atomic E-state index is 0.265. The van der Waals surface area contributed by atoms with Crippen molar-refractivity contribution in [1.29, 1.82) is 0 Å². The Balaban J connectivity index is 1.56. The van der Waals surface area contributed by atoms with Gasteiger partial charge in [0.25, 0.3) is 0 Å². The summed E-state index contributed by atoms with van der Waals surface area (Å²) in [5, 5.41) is 2.73. The Morgan fingerprint density at radius 1 is 1.21 bits per heavy atom. The summed E-state index contributed by atoms with van der Waals surface area (Å²) < 4.78 is 10.3. The van der Waals surface area contributed by atoms with Crippen LogP contribution in [0.1, 0.15) is 41.1 Å². The summed E-state index contributed by atoms with van der Waals surface area (Å²) in [6.07, 6.45) is 4.24. The smallest absolute Gasteiger partial charge is 0.337 e. The van der Waals surface area contributed by atoms with E-state index < -0.39 is 5.97 Å². The van der Waals surface area contributed by atoms with E-state index in [9.17, 15) is 9.59 Å². The van der Waals surface area contributed by atoms with E-state index in [1.807, 2.05) is 12.1 Å². The van der Waals surface area contributed by atoms with Crippen molar-refractivity contribution in [3.63, 3.8) is 0 Å². The normalized spacial score (nSPS) is 19.2. The van der Waals surface area contributed by atoms with Crippen LogP contribution in [-0.2, 0) is 9.53 Å². The van der Waals surface area contributed by atoms with Crippen molar-refractivity contribution in [3.05, 3.63) is 59.6 Å². The number of nitrogens with one attached hydrogen (secondary N) is 1. The van der Waals surface area contributed by atoms with E-state index in [1.54, 1.807) is 30.3 Å². The summed E-state index contributed by atoms with van der Waals surface area (Å²) in [5.41, 5.74) is 1.03. The van der Waals surface area contributed by atoms with Crippen LogP contribution in [0.15, 0.2) is 46.9 Å². The molecule has 0 spiro atoms. The zero-order chi connectivity index (χ0) is 17.1. The number of furan rings is 1. The third-order valence-electron chi connectivity index (χ3n) is 4.10. The molecule has 3 rings (SSSR count). The van der Waals surface area contributed by atoms with Crippen LogP contribution in [0.3, 0.4) is 0 Å². The molecule has 1 amide bonds. The number of rotatable bonds is 5. The number of benzene rings is 1. The number of hydrogen-bond acceptors (Lipinski definition) is 4. The first kappa shape index (κ1) is 16.1. The molecule has 1 aliphatic carbocycles. The van der Waals surface area contributed by atoms with E-state index in [2.05, 4.69) is 17.0 Å². The largest absolute Gasteiger partial charge is 0.465 e. The van der Waals surface area contributed by atoms with Gasteiger partial charge in [-0.05, 0) is 54.8 Å². The number of anilines is 1. The summed E-state index contributed by atoms with van der Waals surface area (Å²) in [7, 11) is 1.33. The Hall–Kier alpha value is -2.82. The molecule has 124 valence electrons. The molecule has 2 aromatic rings. The monoisotopic (exact) mass is 325 g/mol. The van der Waals surface area contributed by atoms with Gasteiger partial charge in [0.15, 0.2) is 0 Å². The number of ether oxygens (including phenoxy) is 1. The van der Waals surface area contributed by atoms with Gasteiger partial charge in [0.1, 0.15) is 11.5 Å². The number of amides is 1. The standard InChI is InChI=1S/C19H19NO4/c1-12-11-16(12)17-9-7-15(24-17)8-10-18(21)20-14-5-3-13(4-6-14)19(22)23-2/h3-10,12,16H,11H2,1-2H3,(H,20,21)/b10-8+. The molecule has 2 unspecified atom stereocenters. The third kappa shape index (κ3) is 3.74. The zero-order valence-electron chi connectivity index (χ0n) is 13.6. The van der Waals surface area contributed by atoms with E-state index >= 15 is 0 Å². The van der Waals surface area contributed by atoms with Gasteiger partial charge in [0, 0.05) is 17.7 Å². The van der Waals surface area contributed by atoms with E-state index in [-0.39, 0.29) is 5.91 Å². The molecule has 0 radical (unpaired) electrons. The number of carbonyl (C=O) groups is 2. The molecule has 24 heavy (non-hydrogen) atoms. The van der Waals surface area contributed by atoms with Gasteiger partial charge in [0.2, 0.25) is 5.91 Å². The fourth-order valence-electron chi connectivity index (χ4n) is 2.53. The molecule has 1 heterocycles. The summed E-state index contributed by atoms with van der Waals surface area (Å²) in [4.78, 5) is 23.3. The molecule has 1 fully saturated rings. The fraction of sp³-hybridized carbons (Fsp3) is 0.263. The third-order valence-corrected chi connectivity index (χ3v) is 4.10. The first-order valence-corrected chi connectivity index (χ1v) is 7.84. The lowest BCUT2D eigenvalue weighted by atomic mass is 10.2. The molecule has 1 aliphatic rings. The Morgan fingerprint density at radius 3 is 2.54 bits per heavy atom. The number of esters is 1. The lowest BCUT2D eigenvalue weighted by Crippen LogP contribution is -2.08. The molecule has 1 aromatic heterocycles. The topological polar surface area (TPSA) is 68.5 Å². The van der Waals surface area contributed by atoms with Gasteiger partial charge in [-0.15, -0.1) is 0 Å². The molecular weight excluding hydrogens is 306 g/mol. The zero-order valence-corrected chi connectivity index (χ0v) is 13.6. The fourth-order valence-corrected chi connectivity index (χ4v) is 2.53. The van der Waals surface area contributed by atoms with E-state index in [4.69, 9.17) is 4.42 Å². The number of carbonyl (C=O) groups excluding carboxylic acids is 2. The molecule has 5 nitrogen and oxygen atoms in total. The SMILES string of the molecule is COC(=O)c1ccc(NC(=O)/C=C/c2ccc(C3CC3C)o2)cc1. The second-order valence-electron chi connectivity index (χ2n) is 5.95. The molecular formula is C19H19NO4. The first-order chi connectivity index (χ1) is 11.6. The minimum Gasteiger partial charge on any atom is -0.465 e. The maximum atomic E-state index is 11.9. The maximum absolute atomic E-state index is 11.9. The molecule has 0 aliphatic heterocycles. The highest BCUT2D eigenvalue weighted by Gasteiger charge is 2.36. The van der Waals surface area contributed by atoms with E-state index in [0.717, 1.165) is 5.76 Å². The number of methoxy groups -OCH3 is 1. The van der Waals surface area contributed by atoms with Crippen molar-refractivity contribution in [3.8, 4) is 0 Å². The van der Waals surface area contributed by atoms with E-state index in [1.165, 1.54) is 19.6 Å². The van der Waals surface area contributed by atoms with Crippen LogP contribution in [0, 0.1) is 5.92 Å². The Labute approximate surface area is 140 Å². The molecule has 1 aromatic carbocycles. The van der Waals surface area contributed by atoms with E-state index in [0.29, 0.717) is 28.8 Å². The lowest BCUT2D eigenvalue weighted by Gasteiger charge is -2.03. The van der Waals surface area contributed by atoms with Crippen molar-refractivity contribution < 1.29 is 18.7 Å². The van der Waals surface area contributed by atoms with Crippen LogP contribution < -0.4 is 5.32 Å². The van der Waals surface area contributed by atoms with Crippen molar-refractivity contribution in [2.45, 2.75) is 19.3 Å². The van der Waals surface area contributed by atoms with Crippen LogP contribution in [0.2, 0.25) is 0 Å². The van der Waals surface area contributed by atoms with Crippen molar-refractivity contribution in [1.82, 2.24) is 0 Å². The Bertz CT molecular complexity index is 773. The second-order valence-corrected chi connectivity index (χ2v) is 5.95. The Morgan fingerprint density at radius 2 is 1.92 bits per heavy atom. The summed E-state index contributed by atoms with van der Waals surface area (Å²) in [5.74, 6) is 2.18. The van der Waals surface area contributed by atoms with Gasteiger partial charge in [-0.1, -0.05) is 6.92 Å². The summed E-state index contributed by atoms with van der Waals surface area (Å²) in [6.45, 7) is 2.20. The molecule has 1 saturated carbocycles. The highest BCUT2D eigenvalue weighted by Crippen LogP contribution is 2.47. The van der Waals surface area contributed by atoms with Crippen LogP contribution >= 0.6 is 0 Å². The first-order valence-electron chi connectivity index (χ1n) is 7.84. The maximum Gasteiger partial charge on any atom is 0.337 e. The van der Waals surface area contributed by atoms with Crippen LogP contribution in [0.5, 0.6) is 0 Å². The average Bonchev–Trinajstić information content (AvgIpc) is 3.13. The van der Waals surface area contributed by atoms with Crippen LogP contribution in [0.4, 0.5) is 5.69 Å². The van der Waals surface area contributed by atoms with Gasteiger partial charge in [0.05, 0.1) is 12.7 Å². The molecule has 5 heteroatoms. The average molecular weight is 325 g/mol. The predicted molar refractivity (Wildman–Crippen MR) is 90.7 cm³/mol. The molecule has 0 bridgehead atoms. The van der Waals surface area contributed by atoms with Crippen molar-refractivity contribution in [2.75, 3.05) is 12.4 Å². The lowest BCUT2D eigenvalue weighted by molar-refractivity contribution is -0.111. The van der Waals surface area contributed by atoms with Gasteiger partial charge < -0.3 is 14.5 Å². The predicted octanol–water partition coefficient (Wildman–Crippen LogP) is 3.84. The van der Waals surface area contributed by atoms with Gasteiger partial charge >= 0.3 is 5.97 Å². The van der Waals surface area contributed by atoms with Gasteiger partial charge in [-0.3, -0.25) is 4.79 Å². The Kier molecular flexibility index (Phi) is 4.51. The molecule has 0 saturated heterocycles. The summed E-state index contributed by atoms with van der Waals surface area (Å²) >= 11 is 0.